The van der Waals surface area contributed by atoms with Crippen molar-refractivity contribution < 1.29 is 9.90 Å². The summed E-state index contributed by atoms with van der Waals surface area (Å²) in [7, 11) is 0. The summed E-state index contributed by atoms with van der Waals surface area (Å²) in [4.78, 5) is 11.9. The number of rotatable bonds is 4. The van der Waals surface area contributed by atoms with Gasteiger partial charge in [-0.1, -0.05) is 36.8 Å². The third-order valence-electron chi connectivity index (χ3n) is 4.07. The molecule has 1 aromatic rings. The predicted octanol–water partition coefficient (Wildman–Crippen LogP) is 3.13. The minimum atomic E-state index is -0.854. The number of aryl methyl sites for hydroxylation is 1. The normalized spacial score (nSPS) is 23.7. The van der Waals surface area contributed by atoms with Gasteiger partial charge in [-0.3, -0.25) is 4.79 Å². The molecule has 1 saturated carbocycles. The summed E-state index contributed by atoms with van der Waals surface area (Å²) in [6, 6.07) is 10.1. The molecule has 0 spiro atoms. The molecule has 2 heteroatoms. The van der Waals surface area contributed by atoms with Crippen LogP contribution in [0.4, 0.5) is 0 Å². The first-order chi connectivity index (χ1) is 8.59. The van der Waals surface area contributed by atoms with Crippen LogP contribution in [-0.4, -0.2) is 16.5 Å². The van der Waals surface area contributed by atoms with E-state index in [0.717, 1.165) is 25.7 Å². The van der Waals surface area contributed by atoms with E-state index >= 15 is 0 Å². The second kappa shape index (κ2) is 5.66. The Bertz CT molecular complexity index is 395. The van der Waals surface area contributed by atoms with Gasteiger partial charge in [-0.25, -0.2) is 0 Å². The Morgan fingerprint density at radius 1 is 1.28 bits per heavy atom. The summed E-state index contributed by atoms with van der Waals surface area (Å²) in [6.45, 7) is 1.82. The summed E-state index contributed by atoms with van der Waals surface area (Å²) in [5.41, 5.74) is 0.369. The molecule has 2 atom stereocenters. The zero-order valence-corrected chi connectivity index (χ0v) is 11.1. The van der Waals surface area contributed by atoms with Crippen molar-refractivity contribution in [2.75, 3.05) is 0 Å². The van der Waals surface area contributed by atoms with Crippen molar-refractivity contribution in [2.45, 2.75) is 51.0 Å². The fourth-order valence-electron chi connectivity index (χ4n) is 2.86. The van der Waals surface area contributed by atoms with E-state index in [2.05, 4.69) is 12.1 Å². The number of hydrogen-bond acceptors (Lipinski definition) is 2. The minimum Gasteiger partial charge on any atom is -0.389 e. The van der Waals surface area contributed by atoms with Crippen LogP contribution in [0, 0.1) is 5.92 Å². The Morgan fingerprint density at radius 2 is 2.00 bits per heavy atom. The van der Waals surface area contributed by atoms with Crippen molar-refractivity contribution in [1.82, 2.24) is 0 Å². The molecule has 2 nitrogen and oxygen atoms in total. The fraction of sp³-hybridized carbons (Fsp3) is 0.562. The Labute approximate surface area is 109 Å². The Balaban J connectivity index is 1.96. The first kappa shape index (κ1) is 13.3. The number of Topliss-reactive ketones (excluding diaryl/α,β-unsaturated/α-hetero) is 1. The molecule has 1 aliphatic rings. The van der Waals surface area contributed by atoms with Crippen LogP contribution < -0.4 is 0 Å². The van der Waals surface area contributed by atoms with E-state index in [1.807, 2.05) is 25.1 Å². The standard InChI is InChI=1S/C16H22O2/c1-16(18,14-9-5-6-10-15(14)17)12-11-13-7-3-2-4-8-13/h2-4,7-8,14,18H,5-6,9-12H2,1H3. The maximum atomic E-state index is 11.9. The van der Waals surface area contributed by atoms with Gasteiger partial charge in [-0.15, -0.1) is 0 Å². The van der Waals surface area contributed by atoms with Crippen molar-refractivity contribution in [3.63, 3.8) is 0 Å². The van der Waals surface area contributed by atoms with Crippen LogP contribution in [0.25, 0.3) is 0 Å². The van der Waals surface area contributed by atoms with E-state index < -0.39 is 5.60 Å². The molecule has 0 saturated heterocycles. The molecular weight excluding hydrogens is 224 g/mol. The molecule has 1 N–H and O–H groups in total. The van der Waals surface area contributed by atoms with Gasteiger partial charge < -0.3 is 5.11 Å². The van der Waals surface area contributed by atoms with E-state index in [4.69, 9.17) is 0 Å². The van der Waals surface area contributed by atoms with Gasteiger partial charge in [0.25, 0.3) is 0 Å². The lowest BCUT2D eigenvalue weighted by atomic mass is 9.74. The van der Waals surface area contributed by atoms with Crippen LogP contribution in [0.1, 0.15) is 44.6 Å². The monoisotopic (exact) mass is 246 g/mol. The average Bonchev–Trinajstić information content (AvgIpc) is 2.38. The van der Waals surface area contributed by atoms with Gasteiger partial charge >= 0.3 is 0 Å². The van der Waals surface area contributed by atoms with E-state index in [1.54, 1.807) is 0 Å². The van der Waals surface area contributed by atoms with Gasteiger partial charge in [0.2, 0.25) is 0 Å². The van der Waals surface area contributed by atoms with Crippen molar-refractivity contribution >= 4 is 5.78 Å². The molecule has 2 unspecified atom stereocenters. The van der Waals surface area contributed by atoms with Crippen LogP contribution >= 0.6 is 0 Å². The van der Waals surface area contributed by atoms with Gasteiger partial charge in [-0.05, 0) is 38.2 Å². The van der Waals surface area contributed by atoms with Crippen LogP contribution in [0.15, 0.2) is 30.3 Å². The predicted molar refractivity (Wildman–Crippen MR) is 72.4 cm³/mol. The van der Waals surface area contributed by atoms with E-state index in [9.17, 15) is 9.90 Å². The minimum absolute atomic E-state index is 0.157. The van der Waals surface area contributed by atoms with Gasteiger partial charge in [0.1, 0.15) is 5.78 Å². The Hall–Kier alpha value is -1.15. The topological polar surface area (TPSA) is 37.3 Å². The summed E-state index contributed by atoms with van der Waals surface area (Å²) in [5, 5.41) is 10.6. The maximum absolute atomic E-state index is 11.9. The molecule has 0 radical (unpaired) electrons. The highest BCUT2D eigenvalue weighted by Crippen LogP contribution is 2.33. The van der Waals surface area contributed by atoms with Crippen LogP contribution in [0.3, 0.4) is 0 Å². The third kappa shape index (κ3) is 3.20. The maximum Gasteiger partial charge on any atom is 0.138 e. The fourth-order valence-corrected chi connectivity index (χ4v) is 2.86. The van der Waals surface area contributed by atoms with Crippen LogP contribution in [0.2, 0.25) is 0 Å². The van der Waals surface area contributed by atoms with Crippen molar-refractivity contribution in [3.05, 3.63) is 35.9 Å². The molecule has 98 valence electrons. The van der Waals surface area contributed by atoms with Crippen LogP contribution in [-0.2, 0) is 11.2 Å². The highest BCUT2D eigenvalue weighted by molar-refractivity contribution is 5.82. The smallest absolute Gasteiger partial charge is 0.138 e. The second-order valence-electron chi connectivity index (χ2n) is 5.61. The van der Waals surface area contributed by atoms with Crippen molar-refractivity contribution in [1.29, 1.82) is 0 Å². The summed E-state index contributed by atoms with van der Waals surface area (Å²) < 4.78 is 0. The third-order valence-corrected chi connectivity index (χ3v) is 4.07. The molecule has 1 fully saturated rings. The van der Waals surface area contributed by atoms with Crippen LogP contribution in [0.5, 0.6) is 0 Å². The van der Waals surface area contributed by atoms with E-state index in [-0.39, 0.29) is 11.7 Å². The van der Waals surface area contributed by atoms with Crippen molar-refractivity contribution in [3.8, 4) is 0 Å². The second-order valence-corrected chi connectivity index (χ2v) is 5.61. The number of carbonyl (C=O) groups excluding carboxylic acids is 1. The summed E-state index contributed by atoms with van der Waals surface area (Å²) in [6.07, 6.45) is 5.04. The Morgan fingerprint density at radius 3 is 2.67 bits per heavy atom. The van der Waals surface area contributed by atoms with Gasteiger partial charge in [0, 0.05) is 12.3 Å². The molecule has 0 aliphatic heterocycles. The first-order valence-corrected chi connectivity index (χ1v) is 6.88. The van der Waals surface area contributed by atoms with Gasteiger partial charge in [0.15, 0.2) is 0 Å². The number of aliphatic hydroxyl groups is 1. The molecule has 0 aromatic heterocycles. The number of ketones is 1. The summed E-state index contributed by atoms with van der Waals surface area (Å²) >= 11 is 0. The van der Waals surface area contributed by atoms with E-state index in [1.165, 1.54) is 5.56 Å². The summed E-state index contributed by atoms with van der Waals surface area (Å²) in [5.74, 6) is 0.0919. The van der Waals surface area contributed by atoms with E-state index in [0.29, 0.717) is 12.8 Å². The molecular formula is C16H22O2. The zero-order chi connectivity index (χ0) is 13.0. The quantitative estimate of drug-likeness (QED) is 0.886. The number of benzene rings is 1. The lowest BCUT2D eigenvalue weighted by Gasteiger charge is -2.34. The van der Waals surface area contributed by atoms with Gasteiger partial charge in [-0.2, -0.15) is 0 Å². The molecule has 1 aliphatic carbocycles. The lowest BCUT2D eigenvalue weighted by molar-refractivity contribution is -0.134. The highest BCUT2D eigenvalue weighted by atomic mass is 16.3. The molecule has 0 bridgehead atoms. The largest absolute Gasteiger partial charge is 0.389 e. The van der Waals surface area contributed by atoms with Gasteiger partial charge in [0.05, 0.1) is 5.60 Å². The average molecular weight is 246 g/mol. The molecule has 18 heavy (non-hydrogen) atoms. The number of carbonyl (C=O) groups is 1. The van der Waals surface area contributed by atoms with Crippen molar-refractivity contribution in [2.24, 2.45) is 5.92 Å². The molecule has 0 heterocycles. The molecule has 2 rings (SSSR count). The molecule has 1 aromatic carbocycles. The zero-order valence-electron chi connectivity index (χ0n) is 11.1. The SMILES string of the molecule is CC(O)(CCc1ccccc1)C1CCCCC1=O. The lowest BCUT2D eigenvalue weighted by Crippen LogP contribution is -2.41. The molecule has 0 amide bonds. The highest BCUT2D eigenvalue weighted by Gasteiger charge is 2.37. The first-order valence-electron chi connectivity index (χ1n) is 6.88. The Kier molecular flexibility index (Phi) is 4.18. The number of hydrogen-bond donors (Lipinski definition) is 1.